The largest absolute Gasteiger partial charge is 0.289 e. The molecule has 0 amide bonds. The summed E-state index contributed by atoms with van der Waals surface area (Å²) in [6.45, 7) is 6.24. The van der Waals surface area contributed by atoms with Crippen molar-refractivity contribution in [3.63, 3.8) is 0 Å². The van der Waals surface area contributed by atoms with E-state index in [4.69, 9.17) is 0 Å². The summed E-state index contributed by atoms with van der Waals surface area (Å²) in [7, 11) is 0. The second kappa shape index (κ2) is 5.50. The maximum atomic E-state index is 11.5. The summed E-state index contributed by atoms with van der Waals surface area (Å²) in [6, 6.07) is 7.88. The molecule has 80 valence electrons. The average molecular weight is 202 g/mol. The van der Waals surface area contributed by atoms with Gasteiger partial charge in [0.2, 0.25) is 0 Å². The Morgan fingerprint density at radius 1 is 1.27 bits per heavy atom. The molecule has 0 unspecified atom stereocenters. The van der Waals surface area contributed by atoms with Gasteiger partial charge in [0.15, 0.2) is 5.78 Å². The minimum absolute atomic E-state index is 0.0774. The fourth-order valence-corrected chi connectivity index (χ4v) is 1.52. The molecule has 0 aliphatic heterocycles. The van der Waals surface area contributed by atoms with Crippen LogP contribution in [-0.4, -0.2) is 5.78 Å². The molecule has 0 fully saturated rings. The highest BCUT2D eigenvalue weighted by Gasteiger charge is 2.02. The van der Waals surface area contributed by atoms with Crippen molar-refractivity contribution < 1.29 is 4.79 Å². The maximum absolute atomic E-state index is 11.5. The summed E-state index contributed by atoms with van der Waals surface area (Å²) < 4.78 is 0. The summed E-state index contributed by atoms with van der Waals surface area (Å²) in [5, 5.41) is 0. The summed E-state index contributed by atoms with van der Waals surface area (Å²) in [5.41, 5.74) is 2.06. The number of hydrogen-bond donors (Lipinski definition) is 0. The van der Waals surface area contributed by atoms with Crippen molar-refractivity contribution in [1.29, 1.82) is 0 Å². The number of ketones is 1. The van der Waals surface area contributed by atoms with E-state index in [0.29, 0.717) is 5.92 Å². The van der Waals surface area contributed by atoms with Crippen LogP contribution in [0.25, 0.3) is 0 Å². The van der Waals surface area contributed by atoms with E-state index < -0.39 is 0 Å². The molecule has 0 N–H and O–H groups in total. The normalized spacial score (nSPS) is 11.2. The van der Waals surface area contributed by atoms with Crippen LogP contribution in [0.15, 0.2) is 36.4 Å². The Balaban J connectivity index is 2.76. The third-order valence-electron chi connectivity index (χ3n) is 2.20. The van der Waals surface area contributed by atoms with Gasteiger partial charge in [-0.15, -0.1) is 0 Å². The van der Waals surface area contributed by atoms with Gasteiger partial charge in [0.25, 0.3) is 0 Å². The summed E-state index contributed by atoms with van der Waals surface area (Å²) in [6.07, 6.45) is 4.43. The van der Waals surface area contributed by atoms with E-state index in [0.717, 1.165) is 12.0 Å². The SMILES string of the molecule is CC=CC(=O)c1ccc(CC(C)C)cc1. The number of carbonyl (C=O) groups is 1. The fourth-order valence-electron chi connectivity index (χ4n) is 1.52. The fraction of sp³-hybridized carbons (Fsp3) is 0.357. The van der Waals surface area contributed by atoms with Gasteiger partial charge in [0.1, 0.15) is 0 Å². The third-order valence-corrected chi connectivity index (χ3v) is 2.20. The molecular weight excluding hydrogens is 184 g/mol. The van der Waals surface area contributed by atoms with Crippen molar-refractivity contribution in [2.75, 3.05) is 0 Å². The molecule has 0 radical (unpaired) electrons. The minimum atomic E-state index is 0.0774. The summed E-state index contributed by atoms with van der Waals surface area (Å²) in [5.74, 6) is 0.732. The van der Waals surface area contributed by atoms with E-state index >= 15 is 0 Å². The number of benzene rings is 1. The monoisotopic (exact) mass is 202 g/mol. The molecule has 0 saturated heterocycles. The number of carbonyl (C=O) groups excluding carboxylic acids is 1. The van der Waals surface area contributed by atoms with Gasteiger partial charge in [-0.2, -0.15) is 0 Å². The topological polar surface area (TPSA) is 17.1 Å². The van der Waals surface area contributed by atoms with E-state index in [1.54, 1.807) is 12.2 Å². The van der Waals surface area contributed by atoms with Crippen molar-refractivity contribution in [2.24, 2.45) is 5.92 Å². The molecule has 0 spiro atoms. The lowest BCUT2D eigenvalue weighted by molar-refractivity contribution is 0.104. The molecule has 0 aliphatic rings. The number of allylic oxidation sites excluding steroid dienone is 2. The Hall–Kier alpha value is -1.37. The van der Waals surface area contributed by atoms with Gasteiger partial charge in [-0.05, 0) is 30.9 Å². The maximum Gasteiger partial charge on any atom is 0.185 e. The van der Waals surface area contributed by atoms with E-state index in [-0.39, 0.29) is 5.78 Å². The molecule has 1 nitrogen and oxygen atoms in total. The van der Waals surface area contributed by atoms with Gasteiger partial charge < -0.3 is 0 Å². The van der Waals surface area contributed by atoms with Crippen LogP contribution in [0.4, 0.5) is 0 Å². The molecular formula is C14H18O. The molecule has 15 heavy (non-hydrogen) atoms. The first-order valence-electron chi connectivity index (χ1n) is 5.39. The Morgan fingerprint density at radius 2 is 1.87 bits per heavy atom. The van der Waals surface area contributed by atoms with Crippen LogP contribution in [0.5, 0.6) is 0 Å². The highest BCUT2D eigenvalue weighted by atomic mass is 16.1. The number of rotatable bonds is 4. The molecule has 0 aliphatic carbocycles. The number of hydrogen-bond acceptors (Lipinski definition) is 1. The van der Waals surface area contributed by atoms with Crippen LogP contribution >= 0.6 is 0 Å². The Labute approximate surface area is 91.8 Å². The van der Waals surface area contributed by atoms with Crippen LogP contribution in [-0.2, 0) is 6.42 Å². The standard InChI is InChI=1S/C14H18O/c1-4-5-14(15)13-8-6-12(7-9-13)10-11(2)3/h4-9,11H,10H2,1-3H3. The lowest BCUT2D eigenvalue weighted by atomic mass is 10.0. The molecule has 0 atom stereocenters. The Bertz CT molecular complexity index is 344. The molecule has 1 rings (SSSR count). The molecule has 1 heteroatoms. The van der Waals surface area contributed by atoms with Gasteiger partial charge in [0, 0.05) is 5.56 Å². The zero-order valence-corrected chi connectivity index (χ0v) is 9.66. The molecule has 1 aromatic carbocycles. The lowest BCUT2D eigenvalue weighted by Crippen LogP contribution is -1.97. The van der Waals surface area contributed by atoms with E-state index in [1.807, 2.05) is 31.2 Å². The molecule has 0 aromatic heterocycles. The second-order valence-corrected chi connectivity index (χ2v) is 4.16. The predicted molar refractivity (Wildman–Crippen MR) is 64.1 cm³/mol. The highest BCUT2D eigenvalue weighted by Crippen LogP contribution is 2.10. The molecule has 0 heterocycles. The van der Waals surface area contributed by atoms with Crippen LogP contribution in [0.2, 0.25) is 0 Å². The first-order chi connectivity index (χ1) is 7.13. The quantitative estimate of drug-likeness (QED) is 0.538. The van der Waals surface area contributed by atoms with Crippen LogP contribution in [0.3, 0.4) is 0 Å². The average Bonchev–Trinajstić information content (AvgIpc) is 2.18. The second-order valence-electron chi connectivity index (χ2n) is 4.16. The van der Waals surface area contributed by atoms with Crippen molar-refractivity contribution in [2.45, 2.75) is 27.2 Å². The minimum Gasteiger partial charge on any atom is -0.289 e. The van der Waals surface area contributed by atoms with Gasteiger partial charge >= 0.3 is 0 Å². The first-order valence-corrected chi connectivity index (χ1v) is 5.39. The van der Waals surface area contributed by atoms with Crippen LogP contribution < -0.4 is 0 Å². The third kappa shape index (κ3) is 3.70. The van der Waals surface area contributed by atoms with Crippen LogP contribution in [0, 0.1) is 5.92 Å². The van der Waals surface area contributed by atoms with E-state index in [2.05, 4.69) is 13.8 Å². The smallest absolute Gasteiger partial charge is 0.185 e. The molecule has 1 aromatic rings. The van der Waals surface area contributed by atoms with Crippen molar-refractivity contribution >= 4 is 5.78 Å². The molecule has 0 bridgehead atoms. The van der Waals surface area contributed by atoms with E-state index in [1.165, 1.54) is 5.56 Å². The van der Waals surface area contributed by atoms with Crippen molar-refractivity contribution in [3.05, 3.63) is 47.5 Å². The van der Waals surface area contributed by atoms with Crippen molar-refractivity contribution in [3.8, 4) is 0 Å². The van der Waals surface area contributed by atoms with E-state index in [9.17, 15) is 4.79 Å². The highest BCUT2D eigenvalue weighted by molar-refractivity contribution is 6.04. The van der Waals surface area contributed by atoms with Gasteiger partial charge in [-0.3, -0.25) is 4.79 Å². The first kappa shape index (κ1) is 11.7. The zero-order chi connectivity index (χ0) is 11.3. The van der Waals surface area contributed by atoms with Crippen LogP contribution in [0.1, 0.15) is 36.7 Å². The van der Waals surface area contributed by atoms with Gasteiger partial charge in [-0.1, -0.05) is 44.2 Å². The predicted octanol–water partition coefficient (Wildman–Crippen LogP) is 3.64. The molecule has 0 saturated carbocycles. The van der Waals surface area contributed by atoms with Gasteiger partial charge in [0.05, 0.1) is 0 Å². The Kier molecular flexibility index (Phi) is 4.29. The zero-order valence-electron chi connectivity index (χ0n) is 9.66. The van der Waals surface area contributed by atoms with Crippen molar-refractivity contribution in [1.82, 2.24) is 0 Å². The lowest BCUT2D eigenvalue weighted by Gasteiger charge is -2.04. The Morgan fingerprint density at radius 3 is 2.33 bits per heavy atom. The summed E-state index contributed by atoms with van der Waals surface area (Å²) >= 11 is 0. The van der Waals surface area contributed by atoms with Gasteiger partial charge in [-0.25, -0.2) is 0 Å². The summed E-state index contributed by atoms with van der Waals surface area (Å²) in [4.78, 5) is 11.5.